The average Bonchev–Trinajstić information content (AvgIpc) is 3.06. The zero-order valence-corrected chi connectivity index (χ0v) is 20.8. The number of fused-ring (bicyclic) bond motifs is 1. The van der Waals surface area contributed by atoms with E-state index in [9.17, 15) is 21.6 Å². The fourth-order valence-corrected chi connectivity index (χ4v) is 6.23. The maximum absolute atomic E-state index is 16.0. The summed E-state index contributed by atoms with van der Waals surface area (Å²) in [6.07, 6.45) is 1.14. The number of rotatable bonds is 7. The van der Waals surface area contributed by atoms with Crippen molar-refractivity contribution in [1.29, 1.82) is 0 Å². The summed E-state index contributed by atoms with van der Waals surface area (Å²) in [5, 5.41) is 3.76. The Morgan fingerprint density at radius 3 is 2.50 bits per heavy atom. The van der Waals surface area contributed by atoms with Crippen molar-refractivity contribution in [3.8, 4) is 5.75 Å². The Labute approximate surface area is 207 Å². The van der Waals surface area contributed by atoms with Crippen molar-refractivity contribution in [2.45, 2.75) is 12.6 Å². The molecule has 13 heteroatoms. The van der Waals surface area contributed by atoms with E-state index in [4.69, 9.17) is 4.74 Å². The van der Waals surface area contributed by atoms with E-state index in [1.165, 1.54) is 16.4 Å². The summed E-state index contributed by atoms with van der Waals surface area (Å²) in [6.45, 7) is 0.0628. The van der Waals surface area contributed by atoms with Gasteiger partial charge in [0.1, 0.15) is 24.6 Å². The lowest BCUT2D eigenvalue weighted by Gasteiger charge is -2.38. The Hall–Kier alpha value is -3.42. The van der Waals surface area contributed by atoms with Gasteiger partial charge in [-0.25, -0.2) is 21.8 Å². The highest BCUT2D eigenvalue weighted by Gasteiger charge is 2.38. The van der Waals surface area contributed by atoms with Crippen LogP contribution in [-0.4, -0.2) is 59.0 Å². The minimum Gasteiger partial charge on any atom is -0.487 e. The Balaban J connectivity index is 1.51. The van der Waals surface area contributed by atoms with Crippen molar-refractivity contribution in [3.63, 3.8) is 0 Å². The van der Waals surface area contributed by atoms with Gasteiger partial charge in [0.25, 0.3) is 5.91 Å². The molecule has 1 amide bonds. The number of anilines is 2. The SMILES string of the molecule is CS(=O)(=O)N1CC(Nc2ccc3cc(OCc4ccccc4)c(N4CC(=O)NS4(=O)=O)c(F)c3c2)C1. The normalized spacial score (nSPS) is 18.2. The van der Waals surface area contributed by atoms with Crippen molar-refractivity contribution in [2.24, 2.45) is 0 Å². The number of benzene rings is 3. The molecule has 0 bridgehead atoms. The molecule has 3 aromatic carbocycles. The van der Waals surface area contributed by atoms with Crippen LogP contribution in [0.2, 0.25) is 0 Å². The van der Waals surface area contributed by atoms with Gasteiger partial charge in [-0.3, -0.25) is 4.79 Å². The van der Waals surface area contributed by atoms with E-state index in [1.54, 1.807) is 12.1 Å². The second kappa shape index (κ2) is 8.91. The zero-order valence-electron chi connectivity index (χ0n) is 19.1. The van der Waals surface area contributed by atoms with Crippen LogP contribution in [0.5, 0.6) is 5.75 Å². The number of hydrogen-bond donors (Lipinski definition) is 2. The average molecular weight is 535 g/mol. The summed E-state index contributed by atoms with van der Waals surface area (Å²) < 4.78 is 74.0. The summed E-state index contributed by atoms with van der Waals surface area (Å²) >= 11 is 0. The second-order valence-electron chi connectivity index (χ2n) is 8.71. The highest BCUT2D eigenvalue weighted by atomic mass is 32.2. The molecule has 36 heavy (non-hydrogen) atoms. The summed E-state index contributed by atoms with van der Waals surface area (Å²) in [6, 6.07) is 15.4. The molecule has 0 aliphatic carbocycles. The van der Waals surface area contributed by atoms with Gasteiger partial charge in [-0.05, 0) is 29.1 Å². The van der Waals surface area contributed by atoms with Crippen molar-refractivity contribution in [3.05, 3.63) is 66.0 Å². The predicted molar refractivity (Wildman–Crippen MR) is 133 cm³/mol. The number of sulfonamides is 1. The summed E-state index contributed by atoms with van der Waals surface area (Å²) in [4.78, 5) is 11.9. The van der Waals surface area contributed by atoms with Crippen LogP contribution in [0.1, 0.15) is 5.56 Å². The predicted octanol–water partition coefficient (Wildman–Crippen LogP) is 1.79. The molecule has 0 radical (unpaired) electrons. The number of nitrogens with zero attached hydrogens (tertiary/aromatic N) is 2. The number of hydrogen-bond acceptors (Lipinski definition) is 7. The van der Waals surface area contributed by atoms with Gasteiger partial charge >= 0.3 is 10.2 Å². The lowest BCUT2D eigenvalue weighted by molar-refractivity contribution is -0.117. The number of carbonyl (C=O) groups is 1. The second-order valence-corrected chi connectivity index (χ2v) is 12.3. The van der Waals surface area contributed by atoms with Gasteiger partial charge in [-0.15, -0.1) is 0 Å². The molecule has 2 aliphatic heterocycles. The molecule has 5 rings (SSSR count). The number of ether oxygens (including phenoxy) is 1. The van der Waals surface area contributed by atoms with Gasteiger partial charge in [-0.2, -0.15) is 12.7 Å². The van der Waals surface area contributed by atoms with Crippen LogP contribution in [0.15, 0.2) is 54.6 Å². The monoisotopic (exact) mass is 534 g/mol. The molecule has 2 fully saturated rings. The van der Waals surface area contributed by atoms with Gasteiger partial charge in [0, 0.05) is 24.2 Å². The molecule has 2 saturated heterocycles. The van der Waals surface area contributed by atoms with E-state index in [2.05, 4.69) is 5.32 Å². The van der Waals surface area contributed by atoms with Gasteiger partial charge in [0.15, 0.2) is 5.82 Å². The van der Waals surface area contributed by atoms with E-state index in [0.29, 0.717) is 15.4 Å². The number of halogens is 1. The lowest BCUT2D eigenvalue weighted by Crippen LogP contribution is -2.56. The zero-order chi connectivity index (χ0) is 25.7. The Kier molecular flexibility index (Phi) is 6.01. The molecule has 0 atom stereocenters. The van der Waals surface area contributed by atoms with Crippen LogP contribution < -0.4 is 19.1 Å². The number of carbonyl (C=O) groups excluding carboxylic acids is 1. The molecule has 2 heterocycles. The lowest BCUT2D eigenvalue weighted by atomic mass is 10.1. The molecular formula is C23H23FN4O6S2. The molecule has 2 aliphatic rings. The van der Waals surface area contributed by atoms with Crippen molar-refractivity contribution in [2.75, 3.05) is 35.5 Å². The number of nitrogens with one attached hydrogen (secondary N) is 2. The standard InChI is InChI=1S/C23H23FN4O6S2/c1-35(30,31)27-11-18(12-27)25-17-8-7-16-9-20(34-14-15-5-3-2-4-6-15)23(22(24)19(16)10-17)28-13-21(29)26-36(28,32)33/h2-10,18,25H,11-14H2,1H3,(H,26,29). The van der Waals surface area contributed by atoms with Crippen LogP contribution >= 0.6 is 0 Å². The fourth-order valence-electron chi connectivity index (χ4n) is 4.17. The molecule has 190 valence electrons. The third-order valence-electron chi connectivity index (χ3n) is 6.01. The van der Waals surface area contributed by atoms with Crippen molar-refractivity contribution in [1.82, 2.24) is 9.03 Å². The maximum atomic E-state index is 16.0. The summed E-state index contributed by atoms with van der Waals surface area (Å²) in [5.74, 6) is -1.66. The minimum absolute atomic E-state index is 0.0209. The van der Waals surface area contributed by atoms with Crippen LogP contribution in [0.4, 0.5) is 15.8 Å². The fraction of sp³-hybridized carbons (Fsp3) is 0.261. The van der Waals surface area contributed by atoms with E-state index in [-0.39, 0.29) is 42.6 Å². The third-order valence-corrected chi connectivity index (χ3v) is 8.63. The quantitative estimate of drug-likeness (QED) is 0.474. The highest BCUT2D eigenvalue weighted by Crippen LogP contribution is 2.40. The van der Waals surface area contributed by atoms with Gasteiger partial charge < -0.3 is 10.1 Å². The largest absolute Gasteiger partial charge is 0.487 e. The molecule has 0 saturated carbocycles. The van der Waals surface area contributed by atoms with E-state index < -0.39 is 38.5 Å². The third kappa shape index (κ3) is 4.68. The minimum atomic E-state index is -4.29. The molecule has 0 spiro atoms. The molecular weight excluding hydrogens is 511 g/mol. The Bertz CT molecular complexity index is 1560. The molecule has 3 aromatic rings. The van der Waals surface area contributed by atoms with Crippen LogP contribution in [0.3, 0.4) is 0 Å². The number of amides is 1. The Morgan fingerprint density at radius 1 is 1.14 bits per heavy atom. The van der Waals surface area contributed by atoms with Crippen molar-refractivity contribution >= 4 is 48.3 Å². The van der Waals surface area contributed by atoms with Gasteiger partial charge in [-0.1, -0.05) is 36.4 Å². The van der Waals surface area contributed by atoms with E-state index in [1.807, 2.05) is 35.1 Å². The van der Waals surface area contributed by atoms with Crippen LogP contribution in [0.25, 0.3) is 10.8 Å². The first-order chi connectivity index (χ1) is 17.0. The summed E-state index contributed by atoms with van der Waals surface area (Å²) in [7, 11) is -7.56. The first-order valence-corrected chi connectivity index (χ1v) is 14.3. The smallest absolute Gasteiger partial charge is 0.326 e. The van der Waals surface area contributed by atoms with Gasteiger partial charge in [0.05, 0.1) is 12.3 Å². The summed E-state index contributed by atoms with van der Waals surface area (Å²) in [5.41, 5.74) is 0.980. The molecule has 0 unspecified atom stereocenters. The van der Waals surface area contributed by atoms with Crippen molar-refractivity contribution < 1.29 is 30.8 Å². The van der Waals surface area contributed by atoms with Crippen LogP contribution in [-0.2, 0) is 31.6 Å². The maximum Gasteiger partial charge on any atom is 0.326 e. The van der Waals surface area contributed by atoms with E-state index >= 15 is 4.39 Å². The topological polar surface area (TPSA) is 125 Å². The molecule has 10 nitrogen and oxygen atoms in total. The van der Waals surface area contributed by atoms with Crippen LogP contribution in [0, 0.1) is 5.82 Å². The first-order valence-electron chi connectivity index (χ1n) is 11.0. The van der Waals surface area contributed by atoms with Gasteiger partial charge in [0.2, 0.25) is 10.0 Å². The van der Waals surface area contributed by atoms with E-state index in [0.717, 1.165) is 11.8 Å². The molecule has 0 aromatic heterocycles. The highest BCUT2D eigenvalue weighted by molar-refractivity contribution is 7.92. The first kappa shape index (κ1) is 24.3. The molecule has 2 N–H and O–H groups in total. The Morgan fingerprint density at radius 2 is 1.86 bits per heavy atom.